The Morgan fingerprint density at radius 2 is 2.00 bits per heavy atom. The van der Waals surface area contributed by atoms with E-state index in [9.17, 15) is 9.18 Å². The molecule has 4 atom stereocenters. The van der Waals surface area contributed by atoms with Gasteiger partial charge in [0.25, 0.3) is 0 Å². The van der Waals surface area contributed by atoms with Crippen molar-refractivity contribution in [2.24, 2.45) is 0 Å². The molecule has 8 heteroatoms. The molecule has 0 saturated carbocycles. The number of hydrogen-bond donors (Lipinski definition) is 3. The standard InChI is InChI=1S/C24H30FN5O2/c1-14-5-4-6-19(25)24(14)30-21(31)11-20-23(28-30)22(27-26-20)16-8-7-15-10-18(13-32-3)29(2)12-17(15)9-16/h4-9,18,20,22-23,26-28H,10-13H2,1-3H3/t18-,20?,22?,23?/m0/s1. The molecule has 2 saturated heterocycles. The molecular formula is C24H30FN5O2. The van der Waals surface area contributed by atoms with Crippen LogP contribution in [0.4, 0.5) is 10.1 Å². The van der Waals surface area contributed by atoms with Crippen LogP contribution in [0.25, 0.3) is 0 Å². The van der Waals surface area contributed by atoms with Gasteiger partial charge in [-0.25, -0.2) is 20.3 Å². The first kappa shape index (κ1) is 21.5. The summed E-state index contributed by atoms with van der Waals surface area (Å²) in [6.45, 7) is 3.41. The van der Waals surface area contributed by atoms with E-state index < -0.39 is 5.82 Å². The van der Waals surface area contributed by atoms with Crippen LogP contribution in [0.15, 0.2) is 36.4 Å². The quantitative estimate of drug-likeness (QED) is 0.677. The van der Waals surface area contributed by atoms with E-state index in [1.165, 1.54) is 22.2 Å². The Bertz CT molecular complexity index is 1010. The van der Waals surface area contributed by atoms with Crippen LogP contribution in [-0.2, 0) is 22.5 Å². The fourth-order valence-electron chi connectivity index (χ4n) is 5.21. The number of hydrogen-bond acceptors (Lipinski definition) is 6. The minimum absolute atomic E-state index is 0.0463. The van der Waals surface area contributed by atoms with Crippen LogP contribution in [0.5, 0.6) is 0 Å². The summed E-state index contributed by atoms with van der Waals surface area (Å²) in [6, 6.07) is 11.7. The molecule has 2 aromatic rings. The third-order valence-electron chi connectivity index (χ3n) is 7.00. The second-order valence-corrected chi connectivity index (χ2v) is 9.12. The number of carbonyl (C=O) groups is 1. The van der Waals surface area contributed by atoms with Crippen LogP contribution >= 0.6 is 0 Å². The van der Waals surface area contributed by atoms with Gasteiger partial charge in [0, 0.05) is 32.2 Å². The first-order valence-corrected chi connectivity index (χ1v) is 11.1. The van der Waals surface area contributed by atoms with Crippen LogP contribution in [0.3, 0.4) is 0 Å². The van der Waals surface area contributed by atoms with E-state index in [-0.39, 0.29) is 24.0 Å². The summed E-state index contributed by atoms with van der Waals surface area (Å²) in [5.74, 6) is -0.548. The number of rotatable bonds is 4. The molecule has 3 N–H and O–H groups in total. The van der Waals surface area contributed by atoms with Crippen LogP contribution in [0, 0.1) is 12.7 Å². The minimum atomic E-state index is -0.401. The number of aryl methyl sites for hydroxylation is 1. The van der Waals surface area contributed by atoms with Gasteiger partial charge in [0.2, 0.25) is 5.91 Å². The summed E-state index contributed by atoms with van der Waals surface area (Å²) >= 11 is 0. The number of carbonyl (C=O) groups excluding carboxylic acids is 1. The summed E-state index contributed by atoms with van der Waals surface area (Å²) in [5.41, 5.74) is 14.8. The van der Waals surface area contributed by atoms with E-state index in [0.717, 1.165) is 30.7 Å². The molecule has 170 valence electrons. The topological polar surface area (TPSA) is 68.9 Å². The third-order valence-corrected chi connectivity index (χ3v) is 7.00. The molecule has 0 aromatic heterocycles. The molecule has 2 fully saturated rings. The Kier molecular flexibility index (Phi) is 5.73. The van der Waals surface area contributed by atoms with E-state index in [1.807, 2.05) is 13.0 Å². The van der Waals surface area contributed by atoms with E-state index in [0.29, 0.717) is 18.2 Å². The molecular weight excluding hydrogens is 409 g/mol. The number of amides is 1. The smallest absolute Gasteiger partial charge is 0.243 e. The minimum Gasteiger partial charge on any atom is -0.383 e. The lowest BCUT2D eigenvalue weighted by molar-refractivity contribution is -0.121. The number of halogens is 1. The van der Waals surface area contributed by atoms with Gasteiger partial charge < -0.3 is 4.74 Å². The summed E-state index contributed by atoms with van der Waals surface area (Å²) in [6.07, 6.45) is 1.26. The van der Waals surface area contributed by atoms with Gasteiger partial charge in [0.15, 0.2) is 0 Å². The Hall–Kier alpha value is -2.36. The maximum atomic E-state index is 14.6. The lowest BCUT2D eigenvalue weighted by Gasteiger charge is -2.38. The highest BCUT2D eigenvalue weighted by atomic mass is 19.1. The van der Waals surface area contributed by atoms with Gasteiger partial charge in [-0.3, -0.25) is 15.1 Å². The molecule has 0 bridgehead atoms. The molecule has 7 nitrogen and oxygen atoms in total. The van der Waals surface area contributed by atoms with Crippen molar-refractivity contribution in [1.82, 2.24) is 21.2 Å². The lowest BCUT2D eigenvalue weighted by Crippen LogP contribution is -2.60. The summed E-state index contributed by atoms with van der Waals surface area (Å²) in [4.78, 5) is 15.1. The van der Waals surface area contributed by atoms with Crippen LogP contribution in [0.1, 0.15) is 34.7 Å². The van der Waals surface area contributed by atoms with Gasteiger partial charge in [0.05, 0.1) is 24.4 Å². The largest absolute Gasteiger partial charge is 0.383 e. The number of likely N-dealkylation sites (N-methyl/N-ethyl adjacent to an activating group) is 1. The van der Waals surface area contributed by atoms with E-state index in [4.69, 9.17) is 4.74 Å². The van der Waals surface area contributed by atoms with Crippen molar-refractivity contribution in [3.8, 4) is 0 Å². The average Bonchev–Trinajstić information content (AvgIpc) is 3.16. The van der Waals surface area contributed by atoms with Gasteiger partial charge in [-0.2, -0.15) is 0 Å². The van der Waals surface area contributed by atoms with Crippen molar-refractivity contribution < 1.29 is 13.9 Å². The second-order valence-electron chi connectivity index (χ2n) is 9.12. The number of para-hydroxylation sites is 1. The van der Waals surface area contributed by atoms with Gasteiger partial charge in [-0.15, -0.1) is 0 Å². The number of nitrogens with zero attached hydrogens (tertiary/aromatic N) is 2. The average molecular weight is 440 g/mol. The number of hydrazine groups is 2. The number of ether oxygens (including phenoxy) is 1. The molecule has 0 aliphatic carbocycles. The first-order chi connectivity index (χ1) is 15.5. The molecule has 0 radical (unpaired) electrons. The second kappa shape index (κ2) is 8.53. The number of methoxy groups -OCH3 is 1. The van der Waals surface area contributed by atoms with Crippen molar-refractivity contribution >= 4 is 11.6 Å². The Labute approximate surface area is 187 Å². The predicted octanol–water partition coefficient (Wildman–Crippen LogP) is 1.96. The molecule has 0 spiro atoms. The van der Waals surface area contributed by atoms with Crippen molar-refractivity contribution in [2.45, 2.75) is 50.5 Å². The maximum absolute atomic E-state index is 14.6. The highest BCUT2D eigenvalue weighted by molar-refractivity contribution is 5.94. The third kappa shape index (κ3) is 3.72. The summed E-state index contributed by atoms with van der Waals surface area (Å²) < 4.78 is 20.0. The molecule has 3 aliphatic rings. The van der Waals surface area contributed by atoms with Crippen LogP contribution in [0.2, 0.25) is 0 Å². The summed E-state index contributed by atoms with van der Waals surface area (Å²) in [7, 11) is 3.88. The number of anilines is 1. The van der Waals surface area contributed by atoms with Gasteiger partial charge in [-0.05, 0) is 48.7 Å². The monoisotopic (exact) mass is 439 g/mol. The molecule has 2 aromatic carbocycles. The highest BCUT2D eigenvalue weighted by Gasteiger charge is 2.44. The van der Waals surface area contributed by atoms with Crippen molar-refractivity contribution in [1.29, 1.82) is 0 Å². The highest BCUT2D eigenvalue weighted by Crippen LogP contribution is 2.33. The molecule has 5 rings (SSSR count). The fraction of sp³-hybridized carbons (Fsp3) is 0.458. The molecule has 3 aliphatic heterocycles. The number of benzene rings is 2. The van der Waals surface area contributed by atoms with Crippen LogP contribution < -0.4 is 21.3 Å². The zero-order chi connectivity index (χ0) is 22.4. The zero-order valence-electron chi connectivity index (χ0n) is 18.7. The number of fused-ring (bicyclic) bond motifs is 2. The molecule has 1 amide bonds. The van der Waals surface area contributed by atoms with E-state index >= 15 is 0 Å². The Balaban J connectivity index is 1.40. The van der Waals surface area contributed by atoms with Crippen LogP contribution in [-0.4, -0.2) is 49.7 Å². The zero-order valence-corrected chi connectivity index (χ0v) is 18.7. The van der Waals surface area contributed by atoms with E-state index in [2.05, 4.69) is 46.4 Å². The number of nitrogens with one attached hydrogen (secondary N) is 3. The van der Waals surface area contributed by atoms with Crippen molar-refractivity contribution in [3.63, 3.8) is 0 Å². The van der Waals surface area contributed by atoms with Gasteiger partial charge in [0.1, 0.15) is 5.82 Å². The maximum Gasteiger partial charge on any atom is 0.243 e. The summed E-state index contributed by atoms with van der Waals surface area (Å²) in [5, 5.41) is 1.40. The van der Waals surface area contributed by atoms with Crippen molar-refractivity contribution in [2.75, 3.05) is 25.8 Å². The molecule has 3 heterocycles. The van der Waals surface area contributed by atoms with Gasteiger partial charge >= 0.3 is 0 Å². The Morgan fingerprint density at radius 3 is 2.78 bits per heavy atom. The molecule has 32 heavy (non-hydrogen) atoms. The molecule has 3 unspecified atom stereocenters. The predicted molar refractivity (Wildman–Crippen MR) is 120 cm³/mol. The first-order valence-electron chi connectivity index (χ1n) is 11.1. The van der Waals surface area contributed by atoms with E-state index in [1.54, 1.807) is 13.2 Å². The normalized spacial score (nSPS) is 28.0. The lowest BCUT2D eigenvalue weighted by atomic mass is 9.88. The van der Waals surface area contributed by atoms with Crippen molar-refractivity contribution in [3.05, 3.63) is 64.5 Å². The Morgan fingerprint density at radius 1 is 1.16 bits per heavy atom. The fourth-order valence-corrected chi connectivity index (χ4v) is 5.21. The van der Waals surface area contributed by atoms with Gasteiger partial charge in [-0.1, -0.05) is 30.3 Å². The SMILES string of the molecule is COC[C@@H]1Cc2ccc(C3NNC4CC(=O)N(c5c(C)cccc5F)NC43)cc2CN1C.